The number of nitrogens with zero attached hydrogens (tertiary/aromatic N) is 1. The maximum Gasteiger partial charge on any atom is 0.310 e. The van der Waals surface area contributed by atoms with Gasteiger partial charge in [-0.15, -0.1) is 11.3 Å². The van der Waals surface area contributed by atoms with Crippen LogP contribution in [0.5, 0.6) is 0 Å². The molecule has 18 heavy (non-hydrogen) atoms. The van der Waals surface area contributed by atoms with Crippen molar-refractivity contribution < 1.29 is 9.53 Å². The number of ether oxygens (including phenoxy) is 1. The quantitative estimate of drug-likeness (QED) is 0.863. The summed E-state index contributed by atoms with van der Waals surface area (Å²) in [6.07, 6.45) is 0.203. The summed E-state index contributed by atoms with van der Waals surface area (Å²) >= 11 is 1.32. The third kappa shape index (κ3) is 2.68. The van der Waals surface area contributed by atoms with E-state index in [0.29, 0.717) is 5.13 Å². The lowest BCUT2D eigenvalue weighted by Gasteiger charge is -2.02. The third-order valence-corrected chi connectivity index (χ3v) is 3.46. The lowest BCUT2D eigenvalue weighted by molar-refractivity contribution is -0.139. The molecule has 0 saturated heterocycles. The Morgan fingerprint density at radius 1 is 1.39 bits per heavy atom. The molecule has 1 heterocycles. The topological polar surface area (TPSA) is 65.2 Å². The van der Waals surface area contributed by atoms with Crippen molar-refractivity contribution >= 4 is 22.4 Å². The first-order valence-electron chi connectivity index (χ1n) is 5.49. The molecule has 0 aliphatic carbocycles. The number of esters is 1. The van der Waals surface area contributed by atoms with Crippen molar-refractivity contribution in [3.8, 4) is 11.3 Å². The van der Waals surface area contributed by atoms with Crippen LogP contribution in [0.4, 0.5) is 5.13 Å². The molecular weight excluding hydrogens is 248 g/mol. The zero-order valence-corrected chi connectivity index (χ0v) is 11.1. The number of hydrogen-bond acceptors (Lipinski definition) is 5. The first kappa shape index (κ1) is 12.6. The van der Waals surface area contributed by atoms with Crippen LogP contribution in [-0.2, 0) is 16.0 Å². The molecule has 0 saturated carbocycles. The number of aromatic nitrogens is 1. The molecule has 0 fully saturated rings. The third-order valence-electron chi connectivity index (χ3n) is 2.57. The average Bonchev–Trinajstić information content (AvgIpc) is 2.71. The van der Waals surface area contributed by atoms with E-state index in [2.05, 4.69) is 9.72 Å². The molecule has 0 spiro atoms. The molecule has 0 radical (unpaired) electrons. The Kier molecular flexibility index (Phi) is 3.62. The van der Waals surface area contributed by atoms with Crippen LogP contribution in [-0.4, -0.2) is 18.1 Å². The van der Waals surface area contributed by atoms with Gasteiger partial charge in [0.25, 0.3) is 0 Å². The van der Waals surface area contributed by atoms with Gasteiger partial charge in [-0.25, -0.2) is 4.98 Å². The van der Waals surface area contributed by atoms with Gasteiger partial charge in [-0.05, 0) is 6.92 Å². The van der Waals surface area contributed by atoms with E-state index in [9.17, 15) is 4.79 Å². The zero-order chi connectivity index (χ0) is 13.1. The number of carbonyl (C=O) groups excluding carboxylic acids is 1. The molecule has 2 N–H and O–H groups in total. The van der Waals surface area contributed by atoms with Gasteiger partial charge < -0.3 is 10.5 Å². The molecule has 94 valence electrons. The highest BCUT2D eigenvalue weighted by Crippen LogP contribution is 2.30. The van der Waals surface area contributed by atoms with E-state index in [1.54, 1.807) is 0 Å². The summed E-state index contributed by atoms with van der Waals surface area (Å²) in [5.41, 5.74) is 8.63. The molecule has 5 heteroatoms. The molecule has 0 aliphatic heterocycles. The van der Waals surface area contributed by atoms with Crippen LogP contribution in [0.3, 0.4) is 0 Å². The Labute approximate surface area is 109 Å². The van der Waals surface area contributed by atoms with Crippen molar-refractivity contribution in [1.29, 1.82) is 0 Å². The highest BCUT2D eigenvalue weighted by molar-refractivity contribution is 7.15. The van der Waals surface area contributed by atoms with E-state index in [4.69, 9.17) is 5.73 Å². The van der Waals surface area contributed by atoms with Gasteiger partial charge in [-0.2, -0.15) is 0 Å². The first-order chi connectivity index (χ1) is 8.60. The number of hydrogen-bond donors (Lipinski definition) is 1. The van der Waals surface area contributed by atoms with Gasteiger partial charge in [-0.1, -0.05) is 29.8 Å². The summed E-state index contributed by atoms with van der Waals surface area (Å²) in [6.45, 7) is 2.02. The molecule has 4 nitrogen and oxygen atoms in total. The van der Waals surface area contributed by atoms with Crippen molar-refractivity contribution in [2.24, 2.45) is 0 Å². The minimum Gasteiger partial charge on any atom is -0.469 e. The predicted octanol–water partition coefficient (Wildman–Crippen LogP) is 2.42. The van der Waals surface area contributed by atoms with E-state index in [0.717, 1.165) is 16.1 Å². The van der Waals surface area contributed by atoms with Gasteiger partial charge >= 0.3 is 5.97 Å². The predicted molar refractivity (Wildman–Crippen MR) is 72.4 cm³/mol. The fraction of sp³-hybridized carbons (Fsp3) is 0.231. The van der Waals surface area contributed by atoms with E-state index in [-0.39, 0.29) is 12.4 Å². The molecule has 2 rings (SSSR count). The van der Waals surface area contributed by atoms with Crippen molar-refractivity contribution in [2.75, 3.05) is 12.8 Å². The van der Waals surface area contributed by atoms with Crippen LogP contribution in [0, 0.1) is 6.92 Å². The number of carbonyl (C=O) groups is 1. The number of nitrogen functional groups attached to an aromatic ring is 1. The number of thiazole rings is 1. The Hall–Kier alpha value is -1.88. The summed E-state index contributed by atoms with van der Waals surface area (Å²) in [5.74, 6) is -0.285. The number of methoxy groups -OCH3 is 1. The Bertz CT molecular complexity index is 561. The number of anilines is 1. The van der Waals surface area contributed by atoms with Gasteiger partial charge in [-0.3, -0.25) is 4.79 Å². The Balaban J connectivity index is 2.37. The average molecular weight is 262 g/mol. The smallest absolute Gasteiger partial charge is 0.310 e. The highest BCUT2D eigenvalue weighted by atomic mass is 32.1. The minimum absolute atomic E-state index is 0.203. The number of benzene rings is 1. The standard InChI is InChI=1S/C13H14N2O2S/c1-8-3-5-9(6-4-8)12-10(7-11(16)17-2)18-13(14)15-12/h3-6H,7H2,1-2H3,(H2,14,15). The fourth-order valence-electron chi connectivity index (χ4n) is 1.63. The zero-order valence-electron chi connectivity index (χ0n) is 10.3. The Morgan fingerprint density at radius 2 is 2.06 bits per heavy atom. The van der Waals surface area contributed by atoms with E-state index in [1.165, 1.54) is 24.0 Å². The van der Waals surface area contributed by atoms with E-state index < -0.39 is 0 Å². The van der Waals surface area contributed by atoms with Gasteiger partial charge in [0, 0.05) is 10.4 Å². The maximum absolute atomic E-state index is 11.3. The van der Waals surface area contributed by atoms with Crippen LogP contribution in [0.1, 0.15) is 10.4 Å². The molecule has 1 aromatic heterocycles. The minimum atomic E-state index is -0.285. The molecule has 0 bridgehead atoms. The SMILES string of the molecule is COC(=O)Cc1sc(N)nc1-c1ccc(C)cc1. The number of nitrogens with two attached hydrogens (primary N) is 1. The molecule has 0 amide bonds. The second kappa shape index (κ2) is 5.18. The van der Waals surface area contributed by atoms with Gasteiger partial charge in [0.2, 0.25) is 0 Å². The lowest BCUT2D eigenvalue weighted by Crippen LogP contribution is -2.03. The van der Waals surface area contributed by atoms with Crippen molar-refractivity contribution in [3.05, 3.63) is 34.7 Å². The molecule has 0 atom stereocenters. The first-order valence-corrected chi connectivity index (χ1v) is 6.31. The largest absolute Gasteiger partial charge is 0.469 e. The summed E-state index contributed by atoms with van der Waals surface area (Å²) < 4.78 is 4.67. The molecule has 2 aromatic rings. The van der Waals surface area contributed by atoms with Crippen LogP contribution in [0.25, 0.3) is 11.3 Å². The monoisotopic (exact) mass is 262 g/mol. The van der Waals surface area contributed by atoms with Gasteiger partial charge in [0.05, 0.1) is 19.2 Å². The number of rotatable bonds is 3. The summed E-state index contributed by atoms with van der Waals surface area (Å²) in [7, 11) is 1.37. The Morgan fingerprint density at radius 3 is 2.67 bits per heavy atom. The highest BCUT2D eigenvalue weighted by Gasteiger charge is 2.15. The van der Waals surface area contributed by atoms with Crippen LogP contribution in [0.15, 0.2) is 24.3 Å². The number of aryl methyl sites for hydroxylation is 1. The maximum atomic E-state index is 11.3. The lowest BCUT2D eigenvalue weighted by atomic mass is 10.1. The molecular formula is C13H14N2O2S. The molecule has 0 unspecified atom stereocenters. The summed E-state index contributed by atoms with van der Waals surface area (Å²) in [5, 5.41) is 0.462. The van der Waals surface area contributed by atoms with Crippen molar-refractivity contribution in [2.45, 2.75) is 13.3 Å². The van der Waals surface area contributed by atoms with Crippen LogP contribution in [0.2, 0.25) is 0 Å². The van der Waals surface area contributed by atoms with Gasteiger partial charge in [0.1, 0.15) is 0 Å². The van der Waals surface area contributed by atoms with Crippen LogP contribution >= 0.6 is 11.3 Å². The second-order valence-electron chi connectivity index (χ2n) is 3.94. The second-order valence-corrected chi connectivity index (χ2v) is 5.06. The van der Waals surface area contributed by atoms with Crippen molar-refractivity contribution in [3.63, 3.8) is 0 Å². The van der Waals surface area contributed by atoms with Crippen LogP contribution < -0.4 is 5.73 Å². The summed E-state index contributed by atoms with van der Waals surface area (Å²) in [4.78, 5) is 16.5. The fourth-order valence-corrected chi connectivity index (χ4v) is 2.47. The van der Waals surface area contributed by atoms with E-state index >= 15 is 0 Å². The summed E-state index contributed by atoms with van der Waals surface area (Å²) in [6, 6.07) is 7.97. The van der Waals surface area contributed by atoms with E-state index in [1.807, 2.05) is 31.2 Å². The normalized spacial score (nSPS) is 10.3. The van der Waals surface area contributed by atoms with Crippen molar-refractivity contribution in [1.82, 2.24) is 4.98 Å². The molecule has 0 aliphatic rings. The molecule has 1 aromatic carbocycles. The van der Waals surface area contributed by atoms with Gasteiger partial charge in [0.15, 0.2) is 5.13 Å².